The maximum atomic E-state index is 12.2. The molecule has 3 rings (SSSR count). The first-order chi connectivity index (χ1) is 11.2. The predicted octanol–water partition coefficient (Wildman–Crippen LogP) is 3.03. The Bertz CT molecular complexity index is 830. The van der Waals surface area contributed by atoms with Crippen LogP contribution < -0.4 is 4.74 Å². The molecule has 0 saturated heterocycles. The summed E-state index contributed by atoms with van der Waals surface area (Å²) in [5.74, 6) is 0.480. The number of aromatic nitrogens is 1. The Labute approximate surface area is 134 Å². The highest BCUT2D eigenvalue weighted by atomic mass is 16.5. The Morgan fingerprint density at radius 3 is 2.65 bits per heavy atom. The van der Waals surface area contributed by atoms with Gasteiger partial charge < -0.3 is 9.84 Å². The van der Waals surface area contributed by atoms with E-state index in [2.05, 4.69) is 4.98 Å². The fraction of sp³-hybridized carbons (Fsp3) is 0.158. The first-order valence-electron chi connectivity index (χ1n) is 7.38. The standard InChI is InChI=1S/C19H17NO3/c1-23-16-9-10-17-14(11-16)7-8-15(20-17)12-18(21)19(22)13-5-3-2-4-6-13/h2-11,18,21H,12H2,1H3. The minimum Gasteiger partial charge on any atom is -0.497 e. The summed E-state index contributed by atoms with van der Waals surface area (Å²) in [6.45, 7) is 0. The first-order valence-corrected chi connectivity index (χ1v) is 7.38. The Hall–Kier alpha value is -2.72. The van der Waals surface area contributed by atoms with Crippen molar-refractivity contribution in [1.29, 1.82) is 0 Å². The fourth-order valence-electron chi connectivity index (χ4n) is 2.47. The molecule has 0 aliphatic rings. The van der Waals surface area contributed by atoms with Gasteiger partial charge >= 0.3 is 0 Å². The number of aliphatic hydroxyl groups excluding tert-OH is 1. The lowest BCUT2D eigenvalue weighted by Gasteiger charge is -2.10. The van der Waals surface area contributed by atoms with Crippen LogP contribution in [0.25, 0.3) is 10.9 Å². The van der Waals surface area contributed by atoms with E-state index in [0.29, 0.717) is 11.3 Å². The number of Topliss-reactive ketones (excluding diaryl/α,β-unsaturated/α-hetero) is 1. The Morgan fingerprint density at radius 1 is 1.13 bits per heavy atom. The monoisotopic (exact) mass is 307 g/mol. The van der Waals surface area contributed by atoms with Gasteiger partial charge in [0, 0.05) is 23.1 Å². The number of carbonyl (C=O) groups excluding carboxylic acids is 1. The lowest BCUT2D eigenvalue weighted by atomic mass is 10.0. The molecule has 23 heavy (non-hydrogen) atoms. The van der Waals surface area contributed by atoms with Crippen molar-refractivity contribution in [3.63, 3.8) is 0 Å². The van der Waals surface area contributed by atoms with Gasteiger partial charge in [0.2, 0.25) is 0 Å². The molecule has 4 nitrogen and oxygen atoms in total. The SMILES string of the molecule is COc1ccc2nc(CC(O)C(=O)c3ccccc3)ccc2c1. The summed E-state index contributed by atoms with van der Waals surface area (Å²) in [5.41, 5.74) is 1.99. The van der Waals surface area contributed by atoms with Crippen LogP contribution in [0.4, 0.5) is 0 Å². The molecule has 0 bridgehead atoms. The van der Waals surface area contributed by atoms with Crippen molar-refractivity contribution in [2.24, 2.45) is 0 Å². The second-order valence-corrected chi connectivity index (χ2v) is 5.31. The summed E-state index contributed by atoms with van der Waals surface area (Å²) in [4.78, 5) is 16.7. The largest absolute Gasteiger partial charge is 0.497 e. The molecule has 0 spiro atoms. The van der Waals surface area contributed by atoms with E-state index in [-0.39, 0.29) is 12.2 Å². The molecule has 116 valence electrons. The number of fused-ring (bicyclic) bond motifs is 1. The molecule has 4 heteroatoms. The summed E-state index contributed by atoms with van der Waals surface area (Å²) in [5, 5.41) is 11.1. The predicted molar refractivity (Wildman–Crippen MR) is 88.8 cm³/mol. The van der Waals surface area contributed by atoms with Gasteiger partial charge in [-0.3, -0.25) is 9.78 Å². The van der Waals surface area contributed by atoms with Crippen LogP contribution in [0.1, 0.15) is 16.1 Å². The minimum absolute atomic E-state index is 0.190. The molecule has 0 fully saturated rings. The van der Waals surface area contributed by atoms with Crippen molar-refractivity contribution in [3.05, 3.63) is 71.9 Å². The van der Waals surface area contributed by atoms with Crippen LogP contribution in [0.5, 0.6) is 5.75 Å². The van der Waals surface area contributed by atoms with E-state index in [4.69, 9.17) is 4.74 Å². The molecular formula is C19H17NO3. The van der Waals surface area contributed by atoms with Crippen LogP contribution >= 0.6 is 0 Å². The zero-order valence-electron chi connectivity index (χ0n) is 12.8. The number of rotatable bonds is 5. The van der Waals surface area contributed by atoms with Gasteiger partial charge in [-0.1, -0.05) is 36.4 Å². The summed E-state index contributed by atoms with van der Waals surface area (Å²) in [6.07, 6.45) is -0.906. The van der Waals surface area contributed by atoms with Gasteiger partial charge in [-0.25, -0.2) is 0 Å². The van der Waals surface area contributed by atoms with Crippen molar-refractivity contribution < 1.29 is 14.6 Å². The number of ketones is 1. The van der Waals surface area contributed by atoms with Crippen LogP contribution in [0.15, 0.2) is 60.7 Å². The molecule has 1 aromatic heterocycles. The second-order valence-electron chi connectivity index (χ2n) is 5.31. The molecule has 0 amide bonds. The average Bonchev–Trinajstić information content (AvgIpc) is 2.61. The summed E-state index contributed by atoms with van der Waals surface area (Å²) in [7, 11) is 1.62. The summed E-state index contributed by atoms with van der Waals surface area (Å²) >= 11 is 0. The molecule has 1 unspecified atom stereocenters. The zero-order chi connectivity index (χ0) is 16.2. The van der Waals surface area contributed by atoms with Crippen molar-refractivity contribution in [1.82, 2.24) is 4.98 Å². The molecule has 2 aromatic carbocycles. The third kappa shape index (κ3) is 3.38. The molecule has 0 radical (unpaired) electrons. The van der Waals surface area contributed by atoms with Gasteiger partial charge in [0.05, 0.1) is 12.6 Å². The number of benzene rings is 2. The van der Waals surface area contributed by atoms with Gasteiger partial charge in [0.1, 0.15) is 11.9 Å². The number of hydrogen-bond donors (Lipinski definition) is 1. The Kier molecular flexibility index (Phi) is 4.35. The van der Waals surface area contributed by atoms with Crippen LogP contribution in [0.2, 0.25) is 0 Å². The van der Waals surface area contributed by atoms with Gasteiger partial charge in [0.25, 0.3) is 0 Å². The van der Waals surface area contributed by atoms with Crippen molar-refractivity contribution in [2.75, 3.05) is 7.11 Å². The average molecular weight is 307 g/mol. The third-order valence-corrected chi connectivity index (χ3v) is 3.72. The number of aliphatic hydroxyl groups is 1. The van der Waals surface area contributed by atoms with E-state index in [0.717, 1.165) is 16.7 Å². The van der Waals surface area contributed by atoms with Crippen LogP contribution in [0, 0.1) is 0 Å². The van der Waals surface area contributed by atoms with Crippen molar-refractivity contribution in [2.45, 2.75) is 12.5 Å². The molecular weight excluding hydrogens is 290 g/mol. The van der Waals surface area contributed by atoms with Gasteiger partial charge in [-0.05, 0) is 24.3 Å². The lowest BCUT2D eigenvalue weighted by molar-refractivity contribution is 0.0746. The van der Waals surface area contributed by atoms with Gasteiger partial charge in [0.15, 0.2) is 5.78 Å². The highest BCUT2D eigenvalue weighted by Gasteiger charge is 2.18. The van der Waals surface area contributed by atoms with E-state index < -0.39 is 6.10 Å². The molecule has 0 aliphatic carbocycles. The van der Waals surface area contributed by atoms with Gasteiger partial charge in [-0.15, -0.1) is 0 Å². The summed E-state index contributed by atoms with van der Waals surface area (Å²) < 4.78 is 5.19. The first kappa shape index (κ1) is 15.2. The number of pyridine rings is 1. The molecule has 1 atom stereocenters. The van der Waals surface area contributed by atoms with E-state index in [1.165, 1.54) is 0 Å². The van der Waals surface area contributed by atoms with Gasteiger partial charge in [-0.2, -0.15) is 0 Å². The van der Waals surface area contributed by atoms with Crippen LogP contribution in [-0.2, 0) is 6.42 Å². The maximum absolute atomic E-state index is 12.2. The minimum atomic E-state index is -1.10. The van der Waals surface area contributed by atoms with Crippen molar-refractivity contribution >= 4 is 16.7 Å². The number of methoxy groups -OCH3 is 1. The molecule has 3 aromatic rings. The number of carbonyl (C=O) groups is 1. The molecule has 0 saturated carbocycles. The zero-order valence-corrected chi connectivity index (χ0v) is 12.8. The van der Waals surface area contributed by atoms with E-state index in [1.54, 1.807) is 31.4 Å². The second kappa shape index (κ2) is 6.58. The van der Waals surface area contributed by atoms with E-state index >= 15 is 0 Å². The van der Waals surface area contributed by atoms with Crippen LogP contribution in [-0.4, -0.2) is 29.1 Å². The number of ether oxygens (including phenoxy) is 1. The quantitative estimate of drug-likeness (QED) is 0.736. The third-order valence-electron chi connectivity index (χ3n) is 3.72. The normalized spacial score (nSPS) is 12.1. The van der Waals surface area contributed by atoms with Crippen LogP contribution in [0.3, 0.4) is 0 Å². The lowest BCUT2D eigenvalue weighted by Crippen LogP contribution is -2.23. The Morgan fingerprint density at radius 2 is 1.91 bits per heavy atom. The smallest absolute Gasteiger partial charge is 0.191 e. The summed E-state index contributed by atoms with van der Waals surface area (Å²) in [6, 6.07) is 18.1. The molecule has 1 N–H and O–H groups in total. The molecule has 1 heterocycles. The van der Waals surface area contributed by atoms with Crippen molar-refractivity contribution in [3.8, 4) is 5.75 Å². The maximum Gasteiger partial charge on any atom is 0.191 e. The topological polar surface area (TPSA) is 59.4 Å². The number of hydrogen-bond acceptors (Lipinski definition) is 4. The highest BCUT2D eigenvalue weighted by molar-refractivity contribution is 5.99. The van der Waals surface area contributed by atoms with E-state index in [9.17, 15) is 9.90 Å². The number of nitrogens with zero attached hydrogens (tertiary/aromatic N) is 1. The fourth-order valence-corrected chi connectivity index (χ4v) is 2.47. The highest BCUT2D eigenvalue weighted by Crippen LogP contribution is 2.20. The molecule has 0 aliphatic heterocycles. The Balaban J connectivity index is 1.79. The van der Waals surface area contributed by atoms with E-state index in [1.807, 2.05) is 36.4 Å².